The van der Waals surface area contributed by atoms with E-state index in [9.17, 15) is 16.8 Å². The molecule has 136 valence electrons. The van der Waals surface area contributed by atoms with Gasteiger partial charge in [0.15, 0.2) is 0 Å². The Kier molecular flexibility index (Phi) is 4.68. The first-order chi connectivity index (χ1) is 12.2. The Bertz CT molecular complexity index is 1040. The van der Waals surface area contributed by atoms with Crippen molar-refractivity contribution >= 4 is 37.3 Å². The molecule has 0 spiro atoms. The van der Waals surface area contributed by atoms with Crippen LogP contribution in [0.4, 0.5) is 5.69 Å². The van der Waals surface area contributed by atoms with E-state index in [1.807, 2.05) is 12.1 Å². The highest BCUT2D eigenvalue weighted by atomic mass is 32.2. The van der Waals surface area contributed by atoms with Crippen LogP contribution >= 0.6 is 0 Å². The molecule has 0 unspecified atom stereocenters. The number of nitrogens with zero attached hydrogens (tertiary/aromatic N) is 2. The van der Waals surface area contributed by atoms with Gasteiger partial charge in [-0.1, -0.05) is 30.3 Å². The van der Waals surface area contributed by atoms with Crippen molar-refractivity contribution in [1.82, 2.24) is 0 Å². The summed E-state index contributed by atoms with van der Waals surface area (Å²) in [5.41, 5.74) is 2.09. The molecule has 0 aliphatic carbocycles. The third-order valence-electron chi connectivity index (χ3n) is 3.71. The number of benzene rings is 2. The molecule has 0 radical (unpaired) electrons. The van der Waals surface area contributed by atoms with Gasteiger partial charge in [-0.3, -0.25) is 0 Å². The third-order valence-corrected chi connectivity index (χ3v) is 6.64. The van der Waals surface area contributed by atoms with Crippen molar-refractivity contribution in [3.8, 4) is 0 Å². The lowest BCUT2D eigenvalue weighted by Crippen LogP contribution is -2.18. The van der Waals surface area contributed by atoms with E-state index in [0.29, 0.717) is 28.6 Å². The minimum absolute atomic E-state index is 0.237. The van der Waals surface area contributed by atoms with Gasteiger partial charge in [0.1, 0.15) is 10.7 Å². The van der Waals surface area contributed by atoms with E-state index in [2.05, 4.69) is 14.1 Å². The average Bonchev–Trinajstić information content (AvgIpc) is 2.53. The monoisotopic (exact) mass is 391 g/mol. The van der Waals surface area contributed by atoms with Crippen molar-refractivity contribution in [3.05, 3.63) is 54.1 Å². The molecule has 0 bridgehead atoms. The maximum absolute atomic E-state index is 11.5. The molecular formula is C17H17N3O4S2. The first kappa shape index (κ1) is 18.3. The van der Waals surface area contributed by atoms with Crippen LogP contribution in [0.2, 0.25) is 0 Å². The Morgan fingerprint density at radius 1 is 0.808 bits per heavy atom. The van der Waals surface area contributed by atoms with Crippen molar-refractivity contribution < 1.29 is 16.8 Å². The minimum Gasteiger partial charge on any atom is -0.342 e. The first-order valence-electron chi connectivity index (χ1n) is 7.75. The number of hydrogen-bond donors (Lipinski definition) is 1. The normalized spacial score (nSPS) is 18.7. The fourth-order valence-electron chi connectivity index (χ4n) is 2.71. The summed E-state index contributed by atoms with van der Waals surface area (Å²) < 4.78 is 53.1. The zero-order valence-corrected chi connectivity index (χ0v) is 15.8. The lowest BCUT2D eigenvalue weighted by atomic mass is 10.1. The number of fused-ring (bicyclic) bond motifs is 2. The average molecular weight is 391 g/mol. The second-order valence-corrected chi connectivity index (χ2v) is 9.00. The van der Waals surface area contributed by atoms with Gasteiger partial charge in [0, 0.05) is 12.1 Å². The zero-order chi connectivity index (χ0) is 18.9. The van der Waals surface area contributed by atoms with Crippen LogP contribution in [0.5, 0.6) is 0 Å². The molecule has 1 N–H and O–H groups in total. The van der Waals surface area contributed by atoms with Gasteiger partial charge in [-0.2, -0.15) is 21.2 Å². The summed E-state index contributed by atoms with van der Waals surface area (Å²) in [5, 5.41) is 2.89. The van der Waals surface area contributed by atoms with E-state index < -0.39 is 20.0 Å². The second-order valence-electron chi connectivity index (χ2n) is 5.86. The van der Waals surface area contributed by atoms with Crippen LogP contribution in [-0.2, 0) is 26.5 Å². The number of para-hydroxylation sites is 1. The van der Waals surface area contributed by atoms with Crippen molar-refractivity contribution in [2.24, 2.45) is 8.80 Å². The molecule has 0 fully saturated rings. The molecule has 2 aromatic rings. The third kappa shape index (κ3) is 3.68. The molecular weight excluding hydrogens is 374 g/mol. The Hall–Kier alpha value is -2.52. The molecule has 7 nitrogen and oxygen atoms in total. The van der Waals surface area contributed by atoms with Crippen molar-refractivity contribution in [2.75, 3.05) is 5.32 Å². The topological polar surface area (TPSA) is 105 Å². The quantitative estimate of drug-likeness (QED) is 0.743. The molecule has 2 heterocycles. The van der Waals surface area contributed by atoms with E-state index in [1.54, 1.807) is 44.2 Å². The number of amidine groups is 1. The molecule has 0 saturated carbocycles. The van der Waals surface area contributed by atoms with E-state index >= 15 is 0 Å². The molecule has 2 aliphatic heterocycles. The summed E-state index contributed by atoms with van der Waals surface area (Å²) in [5.74, 6) is 0.402. The summed E-state index contributed by atoms with van der Waals surface area (Å²) in [6, 6.07) is 13.7. The highest BCUT2D eigenvalue weighted by Gasteiger charge is 2.22. The van der Waals surface area contributed by atoms with Gasteiger partial charge in [-0.15, -0.1) is 4.40 Å². The maximum atomic E-state index is 11.5. The van der Waals surface area contributed by atoms with Crippen LogP contribution in [-0.4, -0.2) is 28.4 Å². The lowest BCUT2D eigenvalue weighted by molar-refractivity contribution is 0.595. The van der Waals surface area contributed by atoms with Crippen LogP contribution < -0.4 is 5.32 Å². The van der Waals surface area contributed by atoms with Crippen LogP contribution in [0, 0.1) is 0 Å². The van der Waals surface area contributed by atoms with Crippen molar-refractivity contribution in [2.45, 2.75) is 30.1 Å². The van der Waals surface area contributed by atoms with E-state index in [-0.39, 0.29) is 4.90 Å². The van der Waals surface area contributed by atoms with Crippen LogP contribution in [0.15, 0.2) is 67.1 Å². The van der Waals surface area contributed by atoms with Gasteiger partial charge in [0.05, 0.1) is 10.6 Å². The van der Waals surface area contributed by atoms with Gasteiger partial charge in [-0.05, 0) is 37.6 Å². The summed E-state index contributed by atoms with van der Waals surface area (Å²) >= 11 is 0. The minimum atomic E-state index is -3.47. The van der Waals surface area contributed by atoms with Gasteiger partial charge >= 0.3 is 0 Å². The first-order valence-corrected chi connectivity index (χ1v) is 10.6. The van der Waals surface area contributed by atoms with Gasteiger partial charge in [-0.25, -0.2) is 0 Å². The van der Waals surface area contributed by atoms with Crippen LogP contribution in [0.25, 0.3) is 0 Å². The molecule has 0 saturated heterocycles. The molecule has 0 atom stereocenters. The molecule has 0 aromatic heterocycles. The fraction of sp³-hybridized carbons (Fsp3) is 0.176. The summed E-state index contributed by atoms with van der Waals surface area (Å²) in [4.78, 5) is 0.584. The Morgan fingerprint density at radius 2 is 1.38 bits per heavy atom. The highest BCUT2D eigenvalue weighted by molar-refractivity contribution is 7.90. The van der Waals surface area contributed by atoms with E-state index in [4.69, 9.17) is 0 Å². The van der Waals surface area contributed by atoms with Gasteiger partial charge in [0.2, 0.25) is 0 Å². The van der Waals surface area contributed by atoms with Crippen LogP contribution in [0.3, 0.4) is 0 Å². The molecule has 26 heavy (non-hydrogen) atoms. The predicted octanol–water partition coefficient (Wildman–Crippen LogP) is 2.61. The number of anilines is 1. The maximum Gasteiger partial charge on any atom is 0.286 e. The predicted molar refractivity (Wildman–Crippen MR) is 101 cm³/mol. The van der Waals surface area contributed by atoms with E-state index in [0.717, 1.165) is 5.56 Å². The Morgan fingerprint density at radius 3 is 2.12 bits per heavy atom. The largest absolute Gasteiger partial charge is 0.342 e. The molecule has 4 rings (SSSR count). The SMILES string of the molecule is CC1=NS(=O)(=O)c2ccccc2C1.CC1=NS(=O)(=O)c2ccccc2N1. The van der Waals surface area contributed by atoms with E-state index in [1.165, 1.54) is 6.07 Å². The molecule has 0 amide bonds. The van der Waals surface area contributed by atoms with Crippen molar-refractivity contribution in [1.29, 1.82) is 0 Å². The molecule has 2 aromatic carbocycles. The van der Waals surface area contributed by atoms with Gasteiger partial charge in [0.25, 0.3) is 20.0 Å². The second kappa shape index (κ2) is 6.65. The summed E-state index contributed by atoms with van der Waals surface area (Å²) in [7, 11) is -6.87. The number of sulfonamides is 2. The standard InChI is InChI=1S/C9H9NO2S.C8H8N2O2S/c1-7-6-8-4-2-3-5-9(8)13(11,12)10-7;1-6-9-7-4-2-3-5-8(7)13(11,12)10-6/h2-5H,6H2,1H3;2-5H,1H3,(H,9,10). The van der Waals surface area contributed by atoms with Gasteiger partial charge < -0.3 is 5.32 Å². The molecule has 2 aliphatic rings. The zero-order valence-electron chi connectivity index (χ0n) is 14.2. The Labute approximate surface area is 152 Å². The summed E-state index contributed by atoms with van der Waals surface area (Å²) in [6.07, 6.45) is 0.634. The summed E-state index contributed by atoms with van der Waals surface area (Å²) in [6.45, 7) is 3.35. The number of nitrogens with one attached hydrogen (secondary N) is 1. The fourth-order valence-corrected chi connectivity index (χ4v) is 5.15. The van der Waals surface area contributed by atoms with Crippen molar-refractivity contribution in [3.63, 3.8) is 0 Å². The smallest absolute Gasteiger partial charge is 0.286 e. The molecule has 9 heteroatoms. The lowest BCUT2D eigenvalue weighted by Gasteiger charge is -2.14. The highest BCUT2D eigenvalue weighted by Crippen LogP contribution is 2.26. The van der Waals surface area contributed by atoms with Crippen LogP contribution in [0.1, 0.15) is 19.4 Å². The number of rotatable bonds is 0. The Balaban J connectivity index is 0.000000151. The number of hydrogen-bond acceptors (Lipinski definition) is 5.